The van der Waals surface area contributed by atoms with Crippen molar-refractivity contribution in [1.82, 2.24) is 0 Å². The van der Waals surface area contributed by atoms with Crippen LogP contribution < -0.4 is 0 Å². The standard InChI is InChI=1S/C26H19Cl3FN3O12S.C20H18FN3O10/c1-42-31-12-21(30)24(44-26(35)15-4-8-17(9-5-15)33(38)39)22(13-43-25(34)14-2-6-16(7-3-14)32(36)37)45-46(40,41)23-11-19(28)18(27)10-20(23)29;1-32-22-10-16(21)18(34-20(27)13-4-8-15(9-5-13)24(30)31)17(25)11-33-19(26)12-2-6-14(7-3-12)23(28)29/h2-12,21-22,24H,13H2,1H3;2-10,16-18,25H,11H2,1H3/t21-,22-,24+;16-,17-,18+/m11/s1. The first-order valence-corrected chi connectivity index (χ1v) is 24.2. The molecule has 1 N–H and O–H groups in total. The van der Waals surface area contributed by atoms with Gasteiger partial charge in [-0.1, -0.05) is 45.1 Å². The van der Waals surface area contributed by atoms with Crippen molar-refractivity contribution in [3.05, 3.63) is 187 Å². The Kier molecular flexibility index (Phi) is 23.7. The molecule has 424 valence electrons. The van der Waals surface area contributed by atoms with E-state index in [4.69, 9.17) is 57.9 Å². The normalized spacial score (nSPS) is 13.4. The number of aliphatic hydroxyl groups is 1. The number of nitro benzene ring substituents is 4. The Balaban J connectivity index is 0.000000361. The first-order chi connectivity index (χ1) is 37.8. The summed E-state index contributed by atoms with van der Waals surface area (Å²) in [6, 6.07) is 18.4. The van der Waals surface area contributed by atoms with Crippen LogP contribution in [-0.2, 0) is 42.9 Å². The Morgan fingerprint density at radius 1 is 0.550 bits per heavy atom. The fourth-order valence-electron chi connectivity index (χ4n) is 6.04. The van der Waals surface area contributed by atoms with E-state index in [1.807, 2.05) is 0 Å². The van der Waals surface area contributed by atoms with Crippen LogP contribution in [0.2, 0.25) is 15.1 Å². The number of nitrogens with zero attached hydrogens (tertiary/aromatic N) is 6. The Morgan fingerprint density at radius 3 is 1.24 bits per heavy atom. The number of aliphatic hydroxyl groups excluding tert-OH is 1. The lowest BCUT2D eigenvalue weighted by molar-refractivity contribution is -0.385. The number of nitro groups is 4. The number of hydrogen-bond donors (Lipinski definition) is 1. The second kappa shape index (κ2) is 29.7. The smallest absolute Gasteiger partial charge is 0.338 e. The number of rotatable bonds is 25. The molecule has 0 aliphatic rings. The third-order valence-corrected chi connectivity index (χ3v) is 12.5. The highest BCUT2D eigenvalue weighted by atomic mass is 35.5. The minimum absolute atomic E-state index is 0.0741. The first-order valence-electron chi connectivity index (χ1n) is 21.7. The van der Waals surface area contributed by atoms with Gasteiger partial charge in [0.2, 0.25) is 0 Å². The number of carbonyl (C=O) groups is 4. The van der Waals surface area contributed by atoms with Crippen molar-refractivity contribution in [2.45, 2.75) is 41.7 Å². The lowest BCUT2D eigenvalue weighted by Gasteiger charge is -2.27. The van der Waals surface area contributed by atoms with Gasteiger partial charge in [0.05, 0.1) is 69.4 Å². The molecule has 28 nitrogen and oxygen atoms in total. The van der Waals surface area contributed by atoms with Gasteiger partial charge in [0.15, 0.2) is 30.7 Å². The topological polar surface area (TPSA) is 385 Å². The van der Waals surface area contributed by atoms with Crippen LogP contribution in [-0.4, -0.2) is 134 Å². The minimum atomic E-state index is -5.02. The molecular weight excluding hydrogens is 1160 g/mol. The van der Waals surface area contributed by atoms with Crippen molar-refractivity contribution in [1.29, 1.82) is 0 Å². The van der Waals surface area contributed by atoms with Gasteiger partial charge in [0, 0.05) is 48.5 Å². The Bertz CT molecular complexity index is 3240. The van der Waals surface area contributed by atoms with Crippen LogP contribution in [0, 0.1) is 40.5 Å². The van der Waals surface area contributed by atoms with Crippen LogP contribution in [0.15, 0.2) is 124 Å². The van der Waals surface area contributed by atoms with Gasteiger partial charge < -0.3 is 33.7 Å². The molecule has 0 unspecified atom stereocenters. The van der Waals surface area contributed by atoms with Crippen molar-refractivity contribution in [2.24, 2.45) is 10.3 Å². The maximum atomic E-state index is 15.6. The van der Waals surface area contributed by atoms with E-state index < -0.39 is 114 Å². The number of non-ortho nitro benzene ring substituents is 4. The van der Waals surface area contributed by atoms with E-state index in [2.05, 4.69) is 20.0 Å². The molecule has 0 radical (unpaired) electrons. The summed E-state index contributed by atoms with van der Waals surface area (Å²) < 4.78 is 82.2. The molecule has 5 rings (SSSR count). The van der Waals surface area contributed by atoms with E-state index in [9.17, 15) is 77.6 Å². The van der Waals surface area contributed by atoms with Crippen molar-refractivity contribution in [3.8, 4) is 0 Å². The van der Waals surface area contributed by atoms with Crippen LogP contribution in [0.1, 0.15) is 41.4 Å². The lowest BCUT2D eigenvalue weighted by atomic mass is 10.1. The van der Waals surface area contributed by atoms with Gasteiger partial charge in [-0.25, -0.2) is 28.0 Å². The molecule has 5 aromatic rings. The van der Waals surface area contributed by atoms with E-state index in [0.29, 0.717) is 12.4 Å². The Hall–Kier alpha value is -8.88. The zero-order valence-corrected chi connectivity index (χ0v) is 43.5. The van der Waals surface area contributed by atoms with Crippen LogP contribution in [0.25, 0.3) is 0 Å². The summed E-state index contributed by atoms with van der Waals surface area (Å²) in [5.74, 6) is -4.55. The molecule has 0 aromatic heterocycles. The molecule has 0 aliphatic carbocycles. The highest BCUT2D eigenvalue weighted by molar-refractivity contribution is 7.87. The Morgan fingerprint density at radius 2 is 0.875 bits per heavy atom. The molecule has 6 atom stereocenters. The fourth-order valence-corrected chi connectivity index (χ4v) is 8.09. The van der Waals surface area contributed by atoms with E-state index in [1.165, 1.54) is 0 Å². The van der Waals surface area contributed by atoms with E-state index in [1.54, 1.807) is 0 Å². The first kappa shape index (κ1) is 63.7. The molecule has 0 spiro atoms. The third-order valence-electron chi connectivity index (χ3n) is 9.99. The maximum Gasteiger partial charge on any atom is 0.338 e. The summed E-state index contributed by atoms with van der Waals surface area (Å²) in [7, 11) is -2.84. The summed E-state index contributed by atoms with van der Waals surface area (Å²) in [5, 5.41) is 59.3. The second-order valence-electron chi connectivity index (χ2n) is 15.3. The zero-order valence-electron chi connectivity index (χ0n) is 40.4. The molecule has 0 saturated carbocycles. The fraction of sp³-hybridized carbons (Fsp3) is 0.217. The molecule has 80 heavy (non-hydrogen) atoms. The Labute approximate surface area is 462 Å². The highest BCUT2D eigenvalue weighted by Crippen LogP contribution is 2.34. The summed E-state index contributed by atoms with van der Waals surface area (Å²) in [6.07, 6.45) is -11.7. The van der Waals surface area contributed by atoms with Crippen molar-refractivity contribution < 1.29 is 94.0 Å². The second-order valence-corrected chi connectivity index (χ2v) is 18.0. The molecule has 0 aliphatic heterocycles. The molecule has 0 fully saturated rings. The average Bonchev–Trinajstić information content (AvgIpc) is 3.44. The van der Waals surface area contributed by atoms with Gasteiger partial charge in [-0.15, -0.1) is 0 Å². The molecule has 0 bridgehead atoms. The predicted octanol–water partition coefficient (Wildman–Crippen LogP) is 7.81. The zero-order chi connectivity index (χ0) is 59.4. The number of alkyl halides is 2. The van der Waals surface area contributed by atoms with Crippen LogP contribution in [0.4, 0.5) is 31.5 Å². The van der Waals surface area contributed by atoms with Gasteiger partial charge in [0.1, 0.15) is 38.4 Å². The molecule has 5 aromatic carbocycles. The largest absolute Gasteiger partial charge is 0.459 e. The lowest BCUT2D eigenvalue weighted by Crippen LogP contribution is -2.45. The number of halogens is 5. The monoisotopic (exact) mass is 1200 g/mol. The van der Waals surface area contributed by atoms with Crippen LogP contribution in [0.3, 0.4) is 0 Å². The van der Waals surface area contributed by atoms with Gasteiger partial charge >= 0.3 is 23.9 Å². The van der Waals surface area contributed by atoms with Crippen LogP contribution >= 0.6 is 34.8 Å². The summed E-state index contributed by atoms with van der Waals surface area (Å²) >= 11 is 17.9. The number of hydrogen-bond acceptors (Lipinski definition) is 24. The van der Waals surface area contributed by atoms with Gasteiger partial charge in [0.25, 0.3) is 32.9 Å². The summed E-state index contributed by atoms with van der Waals surface area (Å²) in [5.41, 5.74) is -2.06. The van der Waals surface area contributed by atoms with Crippen molar-refractivity contribution in [3.63, 3.8) is 0 Å². The number of ether oxygens (including phenoxy) is 4. The highest BCUT2D eigenvalue weighted by Gasteiger charge is 2.40. The molecule has 0 amide bonds. The molecule has 0 heterocycles. The number of oxime groups is 2. The van der Waals surface area contributed by atoms with E-state index >= 15 is 4.39 Å². The quantitative estimate of drug-likeness (QED) is 0.0111. The summed E-state index contributed by atoms with van der Waals surface area (Å²) in [4.78, 5) is 98.8. The van der Waals surface area contributed by atoms with E-state index in [0.717, 1.165) is 123 Å². The van der Waals surface area contributed by atoms with Gasteiger partial charge in [-0.2, -0.15) is 8.42 Å². The van der Waals surface area contributed by atoms with Crippen molar-refractivity contribution >= 4 is 104 Å². The van der Waals surface area contributed by atoms with Crippen LogP contribution in [0.5, 0.6) is 0 Å². The number of esters is 4. The number of benzene rings is 5. The van der Waals surface area contributed by atoms with E-state index in [-0.39, 0.29) is 55.0 Å². The SMILES string of the molecule is CON=C[C@@H](F)[C@H](OC(=O)c1ccc([N+](=O)[O-])cc1)[C@@H](COC(=O)c1ccc([N+](=O)[O-])cc1)OS(=O)(=O)c1cc(Cl)c(Cl)cc1Cl.CON=C[C@@H](F)[C@H](OC(=O)c1ccc([N+](=O)[O-])cc1)[C@H](O)COC(=O)c1ccc([N+](=O)[O-])cc1. The maximum absolute atomic E-state index is 15.6. The van der Waals surface area contributed by atoms with Gasteiger partial charge in [-0.05, 0) is 60.7 Å². The molecular formula is C46H37Cl3F2N6O22S. The van der Waals surface area contributed by atoms with Crippen molar-refractivity contribution in [2.75, 3.05) is 27.4 Å². The predicted molar refractivity (Wildman–Crippen MR) is 272 cm³/mol. The van der Waals surface area contributed by atoms with Gasteiger partial charge in [-0.3, -0.25) is 44.6 Å². The third kappa shape index (κ3) is 18.4. The number of carbonyl (C=O) groups excluding carboxylic acids is 4. The summed E-state index contributed by atoms with van der Waals surface area (Å²) in [6.45, 7) is -1.91. The molecule has 34 heteroatoms. The minimum Gasteiger partial charge on any atom is -0.459 e. The average molecular weight is 1200 g/mol. The molecule has 0 saturated heterocycles.